The number of alkyl halides is 3. The highest BCUT2D eigenvalue weighted by molar-refractivity contribution is 7.20. The Kier molecular flexibility index (Phi) is 10.6. The van der Waals surface area contributed by atoms with E-state index in [-0.39, 0.29) is 25.3 Å². The lowest BCUT2D eigenvalue weighted by Gasteiger charge is -2.29. The summed E-state index contributed by atoms with van der Waals surface area (Å²) >= 11 is 1.23. The van der Waals surface area contributed by atoms with Crippen LogP contribution in [0.1, 0.15) is 10.4 Å². The number of hydrogen-bond acceptors (Lipinski definition) is 8. The predicted molar refractivity (Wildman–Crippen MR) is 156 cm³/mol. The van der Waals surface area contributed by atoms with E-state index in [0.29, 0.717) is 60.2 Å². The van der Waals surface area contributed by atoms with Crippen molar-refractivity contribution in [3.63, 3.8) is 0 Å². The zero-order chi connectivity index (χ0) is 29.4. The van der Waals surface area contributed by atoms with E-state index in [4.69, 9.17) is 9.47 Å². The van der Waals surface area contributed by atoms with Gasteiger partial charge in [-0.25, -0.2) is 4.39 Å². The number of rotatable bonds is 11. The Morgan fingerprint density at radius 1 is 1.15 bits per heavy atom. The summed E-state index contributed by atoms with van der Waals surface area (Å²) in [5.41, 5.74) is 1.62. The molecule has 2 aromatic carbocycles. The van der Waals surface area contributed by atoms with Crippen molar-refractivity contribution in [3.05, 3.63) is 46.6 Å². The average molecular weight is 595 g/mol. The number of aliphatic hydroxyl groups is 1. The largest absolute Gasteiger partial charge is 0.489 e. The second-order valence-corrected chi connectivity index (χ2v) is 10.8. The molecule has 7 nitrogen and oxygen atoms in total. The number of hydrogen-bond donors (Lipinski definition) is 3. The van der Waals surface area contributed by atoms with Crippen molar-refractivity contribution in [2.75, 3.05) is 88.8 Å². The molecule has 0 bridgehead atoms. The van der Waals surface area contributed by atoms with E-state index in [9.17, 15) is 18.3 Å². The molecular formula is C29H34F4N4O3S. The van der Waals surface area contributed by atoms with Crippen LogP contribution in [0.15, 0.2) is 30.3 Å². The van der Waals surface area contributed by atoms with E-state index in [1.54, 1.807) is 18.2 Å². The molecule has 1 aliphatic rings. The van der Waals surface area contributed by atoms with Crippen molar-refractivity contribution in [3.8, 4) is 17.6 Å². The van der Waals surface area contributed by atoms with Gasteiger partial charge in [0.15, 0.2) is 0 Å². The quantitative estimate of drug-likeness (QED) is 0.218. The van der Waals surface area contributed by atoms with Crippen molar-refractivity contribution in [2.45, 2.75) is 12.6 Å². The maximum Gasteiger partial charge on any atom is 0.393 e. The Labute approximate surface area is 241 Å². The maximum absolute atomic E-state index is 15.0. The second kappa shape index (κ2) is 14.1. The summed E-state index contributed by atoms with van der Waals surface area (Å²) in [7, 11) is 3.90. The Morgan fingerprint density at radius 3 is 2.63 bits per heavy atom. The first-order chi connectivity index (χ1) is 19.7. The first-order valence-corrected chi connectivity index (χ1v) is 14.1. The highest BCUT2D eigenvalue weighted by atomic mass is 32.1. The number of nitrogens with one attached hydrogen (secondary N) is 2. The monoisotopic (exact) mass is 594 g/mol. The fourth-order valence-electron chi connectivity index (χ4n) is 4.47. The van der Waals surface area contributed by atoms with E-state index in [0.717, 1.165) is 16.9 Å². The van der Waals surface area contributed by atoms with Gasteiger partial charge in [0.2, 0.25) is 0 Å². The van der Waals surface area contributed by atoms with E-state index >= 15 is 4.39 Å². The van der Waals surface area contributed by atoms with Crippen molar-refractivity contribution < 1.29 is 32.1 Å². The number of aliphatic hydroxyl groups excluding tert-OH is 1. The van der Waals surface area contributed by atoms with Gasteiger partial charge in [0, 0.05) is 38.3 Å². The molecule has 0 radical (unpaired) electrons. The minimum Gasteiger partial charge on any atom is -0.489 e. The van der Waals surface area contributed by atoms with Gasteiger partial charge in [-0.15, -0.1) is 11.3 Å². The fourth-order valence-corrected chi connectivity index (χ4v) is 5.65. The molecule has 1 aromatic heterocycles. The predicted octanol–water partition coefficient (Wildman–Crippen LogP) is 4.79. The summed E-state index contributed by atoms with van der Waals surface area (Å²) in [5, 5.41) is 16.1. The molecular weight excluding hydrogens is 560 g/mol. The summed E-state index contributed by atoms with van der Waals surface area (Å²) in [4.78, 5) is 4.22. The first kappa shape index (κ1) is 30.7. The van der Waals surface area contributed by atoms with Gasteiger partial charge < -0.3 is 35.0 Å². The van der Waals surface area contributed by atoms with Gasteiger partial charge in [-0.1, -0.05) is 24.0 Å². The molecule has 0 aliphatic carbocycles. The molecule has 12 heteroatoms. The molecule has 0 amide bonds. The molecule has 1 saturated heterocycles. The number of anilines is 3. The van der Waals surface area contributed by atoms with Crippen LogP contribution in [0.4, 0.5) is 34.6 Å². The average Bonchev–Trinajstić information content (AvgIpc) is 3.27. The van der Waals surface area contributed by atoms with Crippen LogP contribution >= 0.6 is 11.3 Å². The van der Waals surface area contributed by atoms with E-state index in [1.807, 2.05) is 30.0 Å². The molecule has 0 atom stereocenters. The Balaban J connectivity index is 1.57. The van der Waals surface area contributed by atoms with Crippen molar-refractivity contribution in [1.29, 1.82) is 0 Å². The lowest BCUT2D eigenvalue weighted by atomic mass is 10.1. The molecule has 1 fully saturated rings. The summed E-state index contributed by atoms with van der Waals surface area (Å²) in [6.07, 6.45) is -5.48. The van der Waals surface area contributed by atoms with Crippen LogP contribution in [0.3, 0.4) is 0 Å². The highest BCUT2D eigenvalue weighted by Crippen LogP contribution is 2.39. The molecule has 4 rings (SSSR count). The molecule has 0 unspecified atom stereocenters. The third kappa shape index (κ3) is 8.39. The number of fused-ring (bicyclic) bond motifs is 1. The molecule has 41 heavy (non-hydrogen) atoms. The van der Waals surface area contributed by atoms with E-state index < -0.39 is 18.4 Å². The first-order valence-electron chi connectivity index (χ1n) is 13.3. The Bertz CT molecular complexity index is 1380. The van der Waals surface area contributed by atoms with Gasteiger partial charge in [0.05, 0.1) is 59.4 Å². The van der Waals surface area contributed by atoms with Crippen molar-refractivity contribution in [1.82, 2.24) is 4.90 Å². The standard InChI is InChI=1S/C29H34F4N4O3S/c1-36(2)10-9-35-23-6-3-5-20-21(19-29(31,32)33)27(41-28(20)23)7-4-8-34-24-17-22(30)25(18-26(24)40-16-13-38)37-11-14-39-15-12-37/h3,5-6,17-18,34-35,38H,8-16,19H2,1-2H3. The summed E-state index contributed by atoms with van der Waals surface area (Å²) < 4.78 is 67.3. The van der Waals surface area contributed by atoms with Crippen molar-refractivity contribution in [2.24, 2.45) is 0 Å². The summed E-state index contributed by atoms with van der Waals surface area (Å²) in [6, 6.07) is 8.17. The smallest absolute Gasteiger partial charge is 0.393 e. The Hall–Kier alpha value is -3.24. The van der Waals surface area contributed by atoms with Crippen LogP contribution in [-0.2, 0) is 11.2 Å². The van der Waals surface area contributed by atoms with Gasteiger partial charge in [0.25, 0.3) is 0 Å². The minimum atomic E-state index is -4.39. The normalized spacial score (nSPS) is 13.8. The zero-order valence-corrected chi connectivity index (χ0v) is 23.9. The van der Waals surface area contributed by atoms with Crippen LogP contribution in [0.5, 0.6) is 5.75 Å². The molecule has 2 heterocycles. The van der Waals surface area contributed by atoms with Gasteiger partial charge in [-0.05, 0) is 31.1 Å². The second-order valence-electron chi connectivity index (χ2n) is 9.74. The van der Waals surface area contributed by atoms with Gasteiger partial charge in [0.1, 0.15) is 18.2 Å². The third-order valence-corrected chi connectivity index (χ3v) is 7.59. The van der Waals surface area contributed by atoms with Crippen LogP contribution in [0, 0.1) is 17.7 Å². The van der Waals surface area contributed by atoms with Gasteiger partial charge in [-0.3, -0.25) is 0 Å². The SMILES string of the molecule is CN(C)CCNc1cccc2c(CC(F)(F)F)c(C#CCNc3cc(F)c(N4CCOCC4)cc3OCCO)sc12. The molecule has 0 spiro atoms. The van der Waals surface area contributed by atoms with E-state index in [1.165, 1.54) is 17.4 Å². The molecule has 3 N–H and O–H groups in total. The summed E-state index contributed by atoms with van der Waals surface area (Å²) in [5.74, 6) is 5.70. The van der Waals surface area contributed by atoms with Crippen LogP contribution in [0.2, 0.25) is 0 Å². The molecule has 3 aromatic rings. The number of morpholine rings is 1. The topological polar surface area (TPSA) is 69.2 Å². The Morgan fingerprint density at radius 2 is 1.93 bits per heavy atom. The lowest BCUT2D eigenvalue weighted by molar-refractivity contribution is -0.126. The van der Waals surface area contributed by atoms with Crippen LogP contribution in [0.25, 0.3) is 10.1 Å². The summed E-state index contributed by atoms with van der Waals surface area (Å²) in [6.45, 7) is 3.31. The number of benzene rings is 2. The van der Waals surface area contributed by atoms with E-state index in [2.05, 4.69) is 22.5 Å². The van der Waals surface area contributed by atoms with Crippen LogP contribution in [-0.4, -0.2) is 89.4 Å². The highest BCUT2D eigenvalue weighted by Gasteiger charge is 2.31. The molecule has 222 valence electrons. The minimum absolute atomic E-state index is 0.0159. The maximum atomic E-state index is 15.0. The third-order valence-electron chi connectivity index (χ3n) is 6.39. The number of nitrogens with zero attached hydrogens (tertiary/aromatic N) is 2. The van der Waals surface area contributed by atoms with Crippen LogP contribution < -0.4 is 20.3 Å². The number of thiophene rings is 1. The van der Waals surface area contributed by atoms with Gasteiger partial charge >= 0.3 is 6.18 Å². The zero-order valence-electron chi connectivity index (χ0n) is 23.0. The molecule has 1 aliphatic heterocycles. The molecule has 0 saturated carbocycles. The number of likely N-dealkylation sites (N-methyl/N-ethyl adjacent to an activating group) is 1. The fraction of sp³-hybridized carbons (Fsp3) is 0.448. The lowest BCUT2D eigenvalue weighted by Crippen LogP contribution is -2.36. The van der Waals surface area contributed by atoms with Crippen molar-refractivity contribution >= 4 is 38.5 Å². The number of ether oxygens (including phenoxy) is 2. The van der Waals surface area contributed by atoms with Gasteiger partial charge in [-0.2, -0.15) is 13.2 Å². The number of halogens is 4.